The molecule has 0 radical (unpaired) electrons. The van der Waals surface area contributed by atoms with E-state index in [4.69, 9.17) is 4.74 Å². The van der Waals surface area contributed by atoms with Crippen LogP contribution in [0.4, 0.5) is 0 Å². The van der Waals surface area contributed by atoms with Gasteiger partial charge in [0.2, 0.25) is 0 Å². The van der Waals surface area contributed by atoms with E-state index in [2.05, 4.69) is 34.9 Å². The molecule has 1 heterocycles. The molecule has 1 amide bonds. The number of hydrogen-bond acceptors (Lipinski definition) is 3. The minimum absolute atomic E-state index is 0.119. The SMILES string of the molecule is CC(C)(NC(=O)c1cccc2c1OCCNC2)c1cccc2ccccc12. The Kier molecular flexibility index (Phi) is 4.58. The lowest BCUT2D eigenvalue weighted by molar-refractivity contribution is 0.0908. The first-order valence-corrected chi connectivity index (χ1v) is 9.32. The van der Waals surface area contributed by atoms with Gasteiger partial charge in [-0.2, -0.15) is 0 Å². The van der Waals surface area contributed by atoms with Gasteiger partial charge >= 0.3 is 0 Å². The highest BCUT2D eigenvalue weighted by Gasteiger charge is 2.27. The van der Waals surface area contributed by atoms with Crippen molar-refractivity contribution in [2.24, 2.45) is 0 Å². The maximum Gasteiger partial charge on any atom is 0.255 e. The highest BCUT2D eigenvalue weighted by Crippen LogP contribution is 2.30. The van der Waals surface area contributed by atoms with E-state index in [0.29, 0.717) is 24.5 Å². The van der Waals surface area contributed by atoms with Crippen LogP contribution < -0.4 is 15.4 Å². The fraction of sp³-hybridized carbons (Fsp3) is 0.261. The summed E-state index contributed by atoms with van der Waals surface area (Å²) >= 11 is 0. The number of amides is 1. The lowest BCUT2D eigenvalue weighted by Gasteiger charge is -2.29. The van der Waals surface area contributed by atoms with Crippen molar-refractivity contribution >= 4 is 16.7 Å². The van der Waals surface area contributed by atoms with Crippen LogP contribution in [0.2, 0.25) is 0 Å². The number of hydrogen-bond donors (Lipinski definition) is 2. The van der Waals surface area contributed by atoms with Crippen molar-refractivity contribution in [2.45, 2.75) is 25.9 Å². The monoisotopic (exact) mass is 360 g/mol. The molecule has 0 aromatic heterocycles. The van der Waals surface area contributed by atoms with Crippen molar-refractivity contribution in [2.75, 3.05) is 13.2 Å². The third-order valence-corrected chi connectivity index (χ3v) is 5.07. The first-order valence-electron chi connectivity index (χ1n) is 9.32. The normalized spacial score (nSPS) is 14.1. The number of fused-ring (bicyclic) bond motifs is 2. The highest BCUT2D eigenvalue weighted by molar-refractivity contribution is 5.98. The van der Waals surface area contributed by atoms with Crippen molar-refractivity contribution in [3.8, 4) is 5.75 Å². The second kappa shape index (κ2) is 7.05. The van der Waals surface area contributed by atoms with Gasteiger partial charge in [-0.15, -0.1) is 0 Å². The molecular formula is C23H24N2O2. The maximum absolute atomic E-state index is 13.1. The highest BCUT2D eigenvalue weighted by atomic mass is 16.5. The lowest BCUT2D eigenvalue weighted by Crippen LogP contribution is -2.41. The van der Waals surface area contributed by atoms with Crippen LogP contribution in [0.15, 0.2) is 60.7 Å². The molecule has 0 saturated carbocycles. The Labute approximate surface area is 159 Å². The van der Waals surface area contributed by atoms with Crippen LogP contribution in [0, 0.1) is 0 Å². The number of benzene rings is 3. The van der Waals surface area contributed by atoms with Gasteiger partial charge in [0, 0.05) is 18.7 Å². The second-order valence-corrected chi connectivity index (χ2v) is 7.42. The van der Waals surface area contributed by atoms with Gasteiger partial charge in [-0.05, 0) is 36.2 Å². The van der Waals surface area contributed by atoms with Crippen LogP contribution >= 0.6 is 0 Å². The number of rotatable bonds is 3. The number of carbonyl (C=O) groups is 1. The third-order valence-electron chi connectivity index (χ3n) is 5.07. The summed E-state index contributed by atoms with van der Waals surface area (Å²) in [6.07, 6.45) is 0. The summed E-state index contributed by atoms with van der Waals surface area (Å²) in [5.41, 5.74) is 2.18. The summed E-state index contributed by atoms with van der Waals surface area (Å²) in [5.74, 6) is 0.570. The van der Waals surface area contributed by atoms with Gasteiger partial charge in [0.15, 0.2) is 0 Å². The summed E-state index contributed by atoms with van der Waals surface area (Å²) in [6, 6.07) is 20.2. The fourth-order valence-electron chi connectivity index (χ4n) is 3.71. The molecule has 3 aromatic rings. The van der Waals surface area contributed by atoms with E-state index >= 15 is 0 Å². The maximum atomic E-state index is 13.1. The average Bonchev–Trinajstić information content (AvgIpc) is 2.92. The van der Waals surface area contributed by atoms with Gasteiger partial charge in [0.05, 0.1) is 11.1 Å². The largest absolute Gasteiger partial charge is 0.491 e. The van der Waals surface area contributed by atoms with Gasteiger partial charge in [0.1, 0.15) is 12.4 Å². The zero-order valence-electron chi connectivity index (χ0n) is 15.7. The van der Waals surface area contributed by atoms with Gasteiger partial charge in [-0.1, -0.05) is 54.6 Å². The van der Waals surface area contributed by atoms with E-state index < -0.39 is 5.54 Å². The zero-order chi connectivity index (χ0) is 18.9. The lowest BCUT2D eigenvalue weighted by atomic mass is 9.89. The second-order valence-electron chi connectivity index (χ2n) is 7.42. The Morgan fingerprint density at radius 3 is 2.70 bits per heavy atom. The molecule has 138 valence electrons. The van der Waals surface area contributed by atoms with Gasteiger partial charge in [-0.25, -0.2) is 0 Å². The summed E-state index contributed by atoms with van der Waals surface area (Å²) in [4.78, 5) is 13.1. The predicted molar refractivity (Wildman–Crippen MR) is 108 cm³/mol. The van der Waals surface area contributed by atoms with E-state index in [9.17, 15) is 4.79 Å². The molecule has 0 bridgehead atoms. The molecule has 27 heavy (non-hydrogen) atoms. The first-order chi connectivity index (χ1) is 13.1. The number of carbonyl (C=O) groups excluding carboxylic acids is 1. The van der Waals surface area contributed by atoms with Crippen molar-refractivity contribution in [3.63, 3.8) is 0 Å². The van der Waals surface area contributed by atoms with Gasteiger partial charge in [-0.3, -0.25) is 4.79 Å². The molecule has 1 aliphatic rings. The number of para-hydroxylation sites is 1. The molecular weight excluding hydrogens is 336 g/mol. The Morgan fingerprint density at radius 1 is 1.04 bits per heavy atom. The summed E-state index contributed by atoms with van der Waals surface area (Å²) in [7, 11) is 0. The molecule has 0 unspecified atom stereocenters. The molecule has 3 aromatic carbocycles. The fourth-order valence-corrected chi connectivity index (χ4v) is 3.71. The van der Waals surface area contributed by atoms with Crippen molar-refractivity contribution in [1.82, 2.24) is 10.6 Å². The summed E-state index contributed by atoms with van der Waals surface area (Å²) < 4.78 is 5.87. The molecule has 4 nitrogen and oxygen atoms in total. The van der Waals surface area contributed by atoms with Crippen LogP contribution in [0.5, 0.6) is 5.75 Å². The van der Waals surface area contributed by atoms with Gasteiger partial charge in [0.25, 0.3) is 5.91 Å². The zero-order valence-corrected chi connectivity index (χ0v) is 15.7. The van der Waals surface area contributed by atoms with Crippen LogP contribution in [0.1, 0.15) is 35.3 Å². The summed E-state index contributed by atoms with van der Waals surface area (Å²) in [5, 5.41) is 8.84. The molecule has 0 saturated heterocycles. The molecule has 0 atom stereocenters. The molecule has 2 N–H and O–H groups in total. The van der Waals surface area contributed by atoms with Crippen LogP contribution in [0.25, 0.3) is 10.8 Å². The predicted octanol–water partition coefficient (Wildman–Crippen LogP) is 3.99. The van der Waals surface area contributed by atoms with Gasteiger partial charge < -0.3 is 15.4 Å². The van der Waals surface area contributed by atoms with E-state index in [1.165, 1.54) is 5.39 Å². The average molecular weight is 360 g/mol. The van der Waals surface area contributed by atoms with Crippen LogP contribution in [-0.4, -0.2) is 19.1 Å². The van der Waals surface area contributed by atoms with Crippen LogP contribution in [0.3, 0.4) is 0 Å². The minimum Gasteiger partial charge on any atom is -0.491 e. The van der Waals surface area contributed by atoms with E-state index in [1.807, 2.05) is 50.2 Å². The van der Waals surface area contributed by atoms with Crippen molar-refractivity contribution in [3.05, 3.63) is 77.4 Å². The van der Waals surface area contributed by atoms with E-state index in [-0.39, 0.29) is 5.91 Å². The molecule has 0 fully saturated rings. The molecule has 4 rings (SSSR count). The standard InChI is InChI=1S/C23H24N2O2/c1-23(2,20-12-6-8-16-7-3-4-10-18(16)20)25-22(26)19-11-5-9-17-15-24-13-14-27-21(17)19/h3-12,24H,13-15H2,1-2H3,(H,25,26). The van der Waals surface area contributed by atoms with Crippen molar-refractivity contribution in [1.29, 1.82) is 0 Å². The number of ether oxygens (including phenoxy) is 1. The Bertz CT molecular complexity index is 989. The third kappa shape index (κ3) is 3.40. The number of nitrogens with one attached hydrogen (secondary N) is 2. The quantitative estimate of drug-likeness (QED) is 0.743. The molecule has 0 spiro atoms. The summed E-state index contributed by atoms with van der Waals surface area (Å²) in [6.45, 7) is 6.12. The van der Waals surface area contributed by atoms with E-state index in [1.54, 1.807) is 0 Å². The molecule has 1 aliphatic heterocycles. The Hall–Kier alpha value is -2.85. The topological polar surface area (TPSA) is 50.4 Å². The molecule has 0 aliphatic carbocycles. The molecule has 4 heteroatoms. The smallest absolute Gasteiger partial charge is 0.255 e. The Morgan fingerprint density at radius 2 is 1.81 bits per heavy atom. The van der Waals surface area contributed by atoms with Crippen molar-refractivity contribution < 1.29 is 9.53 Å². The Balaban J connectivity index is 1.68. The van der Waals surface area contributed by atoms with E-state index in [0.717, 1.165) is 23.1 Å². The van der Waals surface area contributed by atoms with Crippen LogP contribution in [-0.2, 0) is 12.1 Å². The minimum atomic E-state index is -0.524. The first kappa shape index (κ1) is 17.6.